The quantitative estimate of drug-likeness (QED) is 0.430. The van der Waals surface area contributed by atoms with Gasteiger partial charge in [0.2, 0.25) is 0 Å². The van der Waals surface area contributed by atoms with Crippen molar-refractivity contribution in [2.24, 2.45) is 5.10 Å². The van der Waals surface area contributed by atoms with Crippen LogP contribution in [0.1, 0.15) is 12.0 Å². The minimum Gasteiger partial charge on any atom is -0.508 e. The first-order valence-electron chi connectivity index (χ1n) is 9.31. The van der Waals surface area contributed by atoms with Crippen LogP contribution in [0.5, 0.6) is 11.5 Å². The Morgan fingerprint density at radius 2 is 1.77 bits per heavy atom. The Labute approximate surface area is 174 Å². The van der Waals surface area contributed by atoms with E-state index in [-0.39, 0.29) is 16.4 Å². The van der Waals surface area contributed by atoms with Crippen LogP contribution in [0.2, 0.25) is 0 Å². The van der Waals surface area contributed by atoms with Gasteiger partial charge in [-0.05, 0) is 35.4 Å². The third-order valence-corrected chi connectivity index (χ3v) is 6.30. The van der Waals surface area contributed by atoms with Gasteiger partial charge in [-0.3, -0.25) is 0 Å². The lowest BCUT2D eigenvalue weighted by Crippen LogP contribution is -2.28. The molecule has 1 aliphatic rings. The van der Waals surface area contributed by atoms with Crippen molar-refractivity contribution in [3.05, 3.63) is 90.5 Å². The van der Waals surface area contributed by atoms with E-state index in [9.17, 15) is 18.6 Å². The van der Waals surface area contributed by atoms with Gasteiger partial charge in [0.1, 0.15) is 11.5 Å². The zero-order chi connectivity index (χ0) is 21.2. The van der Waals surface area contributed by atoms with Crippen LogP contribution in [0, 0.1) is 0 Å². The fraction of sp³-hybridized carbons (Fsp3) is 0.0870. The van der Waals surface area contributed by atoms with Crippen LogP contribution in [-0.4, -0.2) is 24.8 Å². The summed E-state index contributed by atoms with van der Waals surface area (Å²) < 4.78 is 25.5. The maximum atomic E-state index is 12.7. The number of phenols is 2. The number of nitrogens with zero attached hydrogens (tertiary/aromatic N) is 1. The van der Waals surface area contributed by atoms with Gasteiger partial charge in [0.15, 0.2) is 0 Å². The highest BCUT2D eigenvalue weighted by atomic mass is 32.2. The molecule has 0 heterocycles. The van der Waals surface area contributed by atoms with Crippen LogP contribution >= 0.6 is 0 Å². The van der Waals surface area contributed by atoms with E-state index < -0.39 is 15.4 Å². The van der Waals surface area contributed by atoms with E-state index in [4.69, 9.17) is 0 Å². The lowest BCUT2D eigenvalue weighted by atomic mass is 9.76. The summed E-state index contributed by atoms with van der Waals surface area (Å²) in [6, 6.07) is 16.7. The fourth-order valence-corrected chi connectivity index (χ4v) is 4.34. The van der Waals surface area contributed by atoms with Crippen LogP contribution in [-0.2, 0) is 15.4 Å². The summed E-state index contributed by atoms with van der Waals surface area (Å²) in [5.41, 5.74) is -0.340. The smallest absolute Gasteiger partial charge is 0.276 e. The second kappa shape index (κ2) is 7.68. The molecule has 0 amide bonds. The SMILES string of the molecule is O=S(=O)(NN=CC1(c2ccc(O)cc2O)C=CC=CC1)c1ccc2ccccc2c1. The maximum absolute atomic E-state index is 12.7. The van der Waals surface area contributed by atoms with E-state index in [1.54, 1.807) is 24.3 Å². The Morgan fingerprint density at radius 3 is 2.50 bits per heavy atom. The molecule has 3 aromatic rings. The number of hydrogen-bond donors (Lipinski definition) is 3. The number of hydrogen-bond acceptors (Lipinski definition) is 5. The number of allylic oxidation sites excluding steroid dienone is 4. The molecule has 0 aromatic heterocycles. The van der Waals surface area contributed by atoms with E-state index in [0.717, 1.165) is 10.8 Å². The van der Waals surface area contributed by atoms with Crippen molar-refractivity contribution in [2.45, 2.75) is 16.7 Å². The van der Waals surface area contributed by atoms with Crippen molar-refractivity contribution in [1.29, 1.82) is 0 Å². The van der Waals surface area contributed by atoms with Gasteiger partial charge in [-0.1, -0.05) is 60.7 Å². The Morgan fingerprint density at radius 1 is 0.967 bits per heavy atom. The molecule has 0 bridgehead atoms. The van der Waals surface area contributed by atoms with Crippen LogP contribution in [0.4, 0.5) is 0 Å². The summed E-state index contributed by atoms with van der Waals surface area (Å²) in [7, 11) is -3.87. The van der Waals surface area contributed by atoms with E-state index in [1.807, 2.05) is 42.5 Å². The molecule has 7 heteroatoms. The topological polar surface area (TPSA) is 99.0 Å². The highest BCUT2D eigenvalue weighted by Crippen LogP contribution is 2.38. The average molecular weight is 420 g/mol. The van der Waals surface area contributed by atoms with Gasteiger partial charge in [-0.2, -0.15) is 13.5 Å². The second-order valence-electron chi connectivity index (χ2n) is 7.10. The summed E-state index contributed by atoms with van der Waals surface area (Å²) in [5.74, 6) is -0.158. The first-order valence-corrected chi connectivity index (χ1v) is 10.8. The van der Waals surface area contributed by atoms with Gasteiger partial charge in [-0.15, -0.1) is 0 Å². The number of phenolic OH excluding ortho intramolecular Hbond substituents is 2. The highest BCUT2D eigenvalue weighted by molar-refractivity contribution is 7.89. The van der Waals surface area contributed by atoms with Gasteiger partial charge < -0.3 is 10.2 Å². The molecule has 4 rings (SSSR count). The third kappa shape index (κ3) is 3.79. The Balaban J connectivity index is 1.64. The molecule has 6 nitrogen and oxygen atoms in total. The van der Waals surface area contributed by atoms with Gasteiger partial charge in [0.25, 0.3) is 10.0 Å². The van der Waals surface area contributed by atoms with Crippen LogP contribution in [0.25, 0.3) is 10.8 Å². The van der Waals surface area contributed by atoms with Gasteiger partial charge in [-0.25, -0.2) is 4.83 Å². The minimum absolute atomic E-state index is 0.0596. The first kappa shape index (κ1) is 19.7. The van der Waals surface area contributed by atoms with Crippen molar-refractivity contribution in [2.75, 3.05) is 0 Å². The molecule has 3 aromatic carbocycles. The molecule has 0 saturated carbocycles. The van der Waals surface area contributed by atoms with E-state index in [0.29, 0.717) is 12.0 Å². The maximum Gasteiger partial charge on any atom is 0.276 e. The molecular weight excluding hydrogens is 400 g/mol. The zero-order valence-electron chi connectivity index (χ0n) is 15.9. The average Bonchev–Trinajstić information content (AvgIpc) is 2.74. The minimum atomic E-state index is -3.87. The lowest BCUT2D eigenvalue weighted by molar-refractivity contribution is 0.441. The lowest BCUT2D eigenvalue weighted by Gasteiger charge is -2.28. The molecule has 0 radical (unpaired) electrons. The van der Waals surface area contributed by atoms with Crippen molar-refractivity contribution in [3.63, 3.8) is 0 Å². The molecule has 3 N–H and O–H groups in total. The van der Waals surface area contributed by atoms with Crippen molar-refractivity contribution in [3.8, 4) is 11.5 Å². The number of fused-ring (bicyclic) bond motifs is 1. The fourth-order valence-electron chi connectivity index (χ4n) is 3.51. The normalized spacial score (nSPS) is 18.8. The third-order valence-electron chi connectivity index (χ3n) is 5.08. The van der Waals surface area contributed by atoms with E-state index in [2.05, 4.69) is 9.93 Å². The molecule has 1 unspecified atom stereocenters. The summed E-state index contributed by atoms with van der Waals surface area (Å²) in [5, 5.41) is 25.7. The standard InChI is InChI=1S/C23H20N2O4S/c26-19-9-11-21(22(27)15-19)23(12-4-1-5-13-23)16-24-25-30(28,29)20-10-8-17-6-2-3-7-18(17)14-20/h1-12,14-16,25-27H,13H2. The molecule has 30 heavy (non-hydrogen) atoms. The van der Waals surface area contributed by atoms with E-state index >= 15 is 0 Å². The summed E-state index contributed by atoms with van der Waals surface area (Å²) in [6.07, 6.45) is 9.33. The number of benzene rings is 3. The molecule has 1 aliphatic carbocycles. The Kier molecular flexibility index (Phi) is 5.05. The summed E-state index contributed by atoms with van der Waals surface area (Å²) in [6.45, 7) is 0. The first-order chi connectivity index (χ1) is 14.4. The zero-order valence-corrected chi connectivity index (χ0v) is 16.8. The van der Waals surface area contributed by atoms with Gasteiger partial charge in [0.05, 0.1) is 10.3 Å². The molecule has 152 valence electrons. The molecule has 0 fully saturated rings. The summed E-state index contributed by atoms with van der Waals surface area (Å²) in [4.78, 5) is 2.38. The Hall–Kier alpha value is -3.58. The van der Waals surface area contributed by atoms with E-state index in [1.165, 1.54) is 24.4 Å². The number of nitrogens with one attached hydrogen (secondary N) is 1. The summed E-state index contributed by atoms with van der Waals surface area (Å²) >= 11 is 0. The van der Waals surface area contributed by atoms with Gasteiger partial charge >= 0.3 is 0 Å². The van der Waals surface area contributed by atoms with Crippen LogP contribution in [0.3, 0.4) is 0 Å². The number of aromatic hydroxyl groups is 2. The van der Waals surface area contributed by atoms with Crippen LogP contribution < -0.4 is 4.83 Å². The highest BCUT2D eigenvalue weighted by Gasteiger charge is 2.31. The van der Waals surface area contributed by atoms with Crippen molar-refractivity contribution < 1.29 is 18.6 Å². The monoisotopic (exact) mass is 420 g/mol. The number of sulfonamides is 1. The van der Waals surface area contributed by atoms with Crippen molar-refractivity contribution >= 4 is 27.0 Å². The number of rotatable bonds is 5. The predicted octanol–water partition coefficient (Wildman–Crippen LogP) is 3.97. The Bertz CT molecular complexity index is 1300. The predicted molar refractivity (Wildman–Crippen MR) is 117 cm³/mol. The largest absolute Gasteiger partial charge is 0.508 e. The molecule has 0 aliphatic heterocycles. The molecular formula is C23H20N2O4S. The van der Waals surface area contributed by atoms with Gasteiger partial charge in [0, 0.05) is 17.8 Å². The molecule has 1 atom stereocenters. The second-order valence-corrected chi connectivity index (χ2v) is 8.76. The number of hydrazone groups is 1. The van der Waals surface area contributed by atoms with Crippen molar-refractivity contribution in [1.82, 2.24) is 4.83 Å². The molecule has 0 spiro atoms. The molecule has 0 saturated heterocycles. The van der Waals surface area contributed by atoms with Crippen LogP contribution in [0.15, 0.2) is 95.0 Å².